The molecule has 0 N–H and O–H groups in total. The summed E-state index contributed by atoms with van der Waals surface area (Å²) in [5.41, 5.74) is 1.79. The van der Waals surface area contributed by atoms with Crippen LogP contribution < -0.4 is 0 Å². The number of rotatable bonds is 7. The molecule has 3 aromatic heterocycles. The van der Waals surface area contributed by atoms with Crippen molar-refractivity contribution in [3.8, 4) is 11.3 Å². The number of ether oxygens (including phenoxy) is 1. The van der Waals surface area contributed by atoms with Crippen molar-refractivity contribution in [3.63, 3.8) is 0 Å². The lowest BCUT2D eigenvalue weighted by Crippen LogP contribution is -2.03. The van der Waals surface area contributed by atoms with Crippen LogP contribution in [0.5, 0.6) is 0 Å². The molecule has 0 amide bonds. The molecule has 122 valence electrons. The van der Waals surface area contributed by atoms with Crippen molar-refractivity contribution in [1.82, 2.24) is 29.9 Å². The molecule has 0 saturated heterocycles. The molecule has 0 aliphatic rings. The highest BCUT2D eigenvalue weighted by molar-refractivity contribution is 5.55. The highest BCUT2D eigenvalue weighted by atomic mass is 19.3. The smallest absolute Gasteiger partial charge is 0.298 e. The molecule has 3 rings (SSSR count). The van der Waals surface area contributed by atoms with Crippen LogP contribution in [-0.2, 0) is 17.8 Å². The Bertz CT molecular complexity index is 766. The van der Waals surface area contributed by atoms with Crippen LogP contribution in [0, 0.1) is 0 Å². The molecule has 0 radical (unpaired) electrons. The Hall–Kier alpha value is -2.62. The lowest BCUT2D eigenvalue weighted by Gasteiger charge is -1.97. The summed E-state index contributed by atoms with van der Waals surface area (Å²) in [6.07, 6.45) is 2.52. The van der Waals surface area contributed by atoms with E-state index in [1.807, 2.05) is 6.20 Å². The second kappa shape index (κ2) is 6.65. The molecule has 0 spiro atoms. The highest BCUT2D eigenvalue weighted by Gasteiger charge is 2.15. The van der Waals surface area contributed by atoms with Gasteiger partial charge in [-0.1, -0.05) is 10.4 Å². The van der Waals surface area contributed by atoms with E-state index in [-0.39, 0.29) is 6.54 Å². The number of aromatic nitrogens is 6. The van der Waals surface area contributed by atoms with Gasteiger partial charge in [-0.05, 0) is 0 Å². The van der Waals surface area contributed by atoms with Gasteiger partial charge < -0.3 is 9.26 Å². The highest BCUT2D eigenvalue weighted by Crippen LogP contribution is 2.20. The first kappa shape index (κ1) is 15.3. The van der Waals surface area contributed by atoms with Gasteiger partial charge in [-0.3, -0.25) is 4.68 Å². The largest absolute Gasteiger partial charge is 0.383 e. The minimum atomic E-state index is -2.68. The molecule has 10 heteroatoms. The van der Waals surface area contributed by atoms with E-state index in [2.05, 4.69) is 25.1 Å². The Morgan fingerprint density at radius 2 is 2.17 bits per heavy atom. The standard InChI is InChI=1S/C13H14F2N6O2/c1-22-3-2-20-6-9(5-16-20)11-8-21(19-17-11)7-10-4-12(13(14)15)23-18-10/h4-6,8,13H,2-3,7H2,1H3. The Morgan fingerprint density at radius 1 is 1.30 bits per heavy atom. The fourth-order valence-electron chi connectivity index (χ4n) is 1.98. The quantitative estimate of drug-likeness (QED) is 0.658. The zero-order valence-electron chi connectivity index (χ0n) is 12.3. The number of nitrogens with zero attached hydrogens (tertiary/aromatic N) is 6. The lowest BCUT2D eigenvalue weighted by atomic mass is 10.3. The summed E-state index contributed by atoms with van der Waals surface area (Å²) in [6, 6.07) is 1.20. The molecule has 0 saturated carbocycles. The van der Waals surface area contributed by atoms with E-state index < -0.39 is 12.2 Å². The van der Waals surface area contributed by atoms with Crippen LogP contribution in [0.2, 0.25) is 0 Å². The van der Waals surface area contributed by atoms with Crippen LogP contribution in [0.3, 0.4) is 0 Å². The topological polar surface area (TPSA) is 83.8 Å². The molecule has 0 bridgehead atoms. The molecule has 3 heterocycles. The summed E-state index contributed by atoms with van der Waals surface area (Å²) in [7, 11) is 1.62. The van der Waals surface area contributed by atoms with Gasteiger partial charge in [-0.2, -0.15) is 5.10 Å². The van der Waals surface area contributed by atoms with Crippen molar-refractivity contribution in [1.29, 1.82) is 0 Å². The molecule has 0 fully saturated rings. The van der Waals surface area contributed by atoms with Gasteiger partial charge in [0.15, 0.2) is 0 Å². The van der Waals surface area contributed by atoms with Gasteiger partial charge in [-0.25, -0.2) is 13.5 Å². The summed E-state index contributed by atoms with van der Waals surface area (Å²) in [5.74, 6) is -0.459. The maximum atomic E-state index is 12.4. The van der Waals surface area contributed by atoms with Gasteiger partial charge >= 0.3 is 0 Å². The third-order valence-corrected chi connectivity index (χ3v) is 3.11. The van der Waals surface area contributed by atoms with Gasteiger partial charge in [0.25, 0.3) is 6.43 Å². The monoisotopic (exact) mass is 324 g/mol. The fraction of sp³-hybridized carbons (Fsp3) is 0.385. The Morgan fingerprint density at radius 3 is 2.91 bits per heavy atom. The van der Waals surface area contributed by atoms with E-state index in [9.17, 15) is 8.78 Å². The molecular formula is C13H14F2N6O2. The van der Waals surface area contributed by atoms with Crippen LogP contribution >= 0.6 is 0 Å². The summed E-state index contributed by atoms with van der Waals surface area (Å²) in [6.45, 7) is 1.40. The van der Waals surface area contributed by atoms with Crippen molar-refractivity contribution in [2.45, 2.75) is 19.5 Å². The van der Waals surface area contributed by atoms with Gasteiger partial charge in [0.05, 0.1) is 32.1 Å². The first-order valence-electron chi connectivity index (χ1n) is 6.81. The number of methoxy groups -OCH3 is 1. The molecule has 8 nitrogen and oxygen atoms in total. The fourth-order valence-corrected chi connectivity index (χ4v) is 1.98. The van der Waals surface area contributed by atoms with Gasteiger partial charge in [0.1, 0.15) is 11.4 Å². The van der Waals surface area contributed by atoms with E-state index in [0.29, 0.717) is 24.5 Å². The van der Waals surface area contributed by atoms with Crippen molar-refractivity contribution >= 4 is 0 Å². The minimum Gasteiger partial charge on any atom is -0.383 e. The van der Waals surface area contributed by atoms with Crippen LogP contribution in [0.1, 0.15) is 17.9 Å². The van der Waals surface area contributed by atoms with E-state index in [4.69, 9.17) is 4.74 Å². The van der Waals surface area contributed by atoms with Gasteiger partial charge in [0.2, 0.25) is 5.76 Å². The second-order valence-corrected chi connectivity index (χ2v) is 4.81. The van der Waals surface area contributed by atoms with E-state index in [0.717, 1.165) is 5.56 Å². The molecule has 0 aliphatic heterocycles. The number of hydrogen-bond acceptors (Lipinski definition) is 6. The summed E-state index contributed by atoms with van der Waals surface area (Å²) in [5, 5.41) is 15.8. The number of alkyl halides is 2. The predicted molar refractivity (Wildman–Crippen MR) is 73.7 cm³/mol. The van der Waals surface area contributed by atoms with E-state index in [1.54, 1.807) is 24.2 Å². The Balaban J connectivity index is 1.68. The molecule has 3 aromatic rings. The van der Waals surface area contributed by atoms with Crippen molar-refractivity contribution in [2.75, 3.05) is 13.7 Å². The zero-order chi connectivity index (χ0) is 16.2. The Labute approximate surface area is 129 Å². The average Bonchev–Trinajstić information content (AvgIpc) is 3.25. The molecule has 0 aliphatic carbocycles. The van der Waals surface area contributed by atoms with Crippen molar-refractivity contribution < 1.29 is 18.0 Å². The number of halogens is 2. The number of hydrogen-bond donors (Lipinski definition) is 0. The molecule has 0 atom stereocenters. The second-order valence-electron chi connectivity index (χ2n) is 4.81. The third-order valence-electron chi connectivity index (χ3n) is 3.11. The summed E-state index contributed by atoms with van der Waals surface area (Å²) in [4.78, 5) is 0. The first-order valence-corrected chi connectivity index (χ1v) is 6.81. The van der Waals surface area contributed by atoms with E-state index >= 15 is 0 Å². The predicted octanol–water partition coefficient (Wildman–Crippen LogP) is 1.76. The van der Waals surface area contributed by atoms with Crippen molar-refractivity contribution in [2.24, 2.45) is 0 Å². The molecule has 0 aromatic carbocycles. The summed E-state index contributed by atoms with van der Waals surface area (Å²) < 4.78 is 37.7. The molecular weight excluding hydrogens is 310 g/mol. The van der Waals surface area contributed by atoms with E-state index in [1.165, 1.54) is 10.7 Å². The zero-order valence-corrected chi connectivity index (χ0v) is 12.3. The van der Waals surface area contributed by atoms with Crippen LogP contribution in [-0.4, -0.2) is 43.6 Å². The maximum Gasteiger partial charge on any atom is 0.298 e. The molecule has 23 heavy (non-hydrogen) atoms. The lowest BCUT2D eigenvalue weighted by molar-refractivity contribution is 0.112. The third kappa shape index (κ3) is 3.59. The minimum absolute atomic E-state index is 0.195. The van der Waals surface area contributed by atoms with Gasteiger partial charge in [-0.15, -0.1) is 5.10 Å². The first-order chi connectivity index (χ1) is 11.2. The van der Waals surface area contributed by atoms with Crippen LogP contribution in [0.25, 0.3) is 11.3 Å². The van der Waals surface area contributed by atoms with Crippen LogP contribution in [0.4, 0.5) is 8.78 Å². The van der Waals surface area contributed by atoms with Crippen molar-refractivity contribution in [3.05, 3.63) is 36.1 Å². The average molecular weight is 324 g/mol. The summed E-state index contributed by atoms with van der Waals surface area (Å²) >= 11 is 0. The Kier molecular flexibility index (Phi) is 4.42. The maximum absolute atomic E-state index is 12.4. The van der Waals surface area contributed by atoms with Gasteiger partial charge in [0, 0.05) is 24.9 Å². The normalized spacial score (nSPS) is 11.5. The molecule has 0 unspecified atom stereocenters. The van der Waals surface area contributed by atoms with Crippen LogP contribution in [0.15, 0.2) is 29.2 Å². The SMILES string of the molecule is COCCn1cc(-c2cn(Cc3cc(C(F)F)on3)nn2)cn1.